The fourth-order valence-corrected chi connectivity index (χ4v) is 2.91. The SMILES string of the molecule is CC(CNC(=O)CC1CCCCS1)C(=O)O. The molecule has 0 aliphatic carbocycles. The summed E-state index contributed by atoms with van der Waals surface area (Å²) >= 11 is 1.85. The van der Waals surface area contributed by atoms with Crippen LogP contribution in [-0.2, 0) is 9.59 Å². The van der Waals surface area contributed by atoms with E-state index >= 15 is 0 Å². The number of thioether (sulfide) groups is 1. The standard InChI is InChI=1S/C11H19NO3S/c1-8(11(14)15)7-12-10(13)6-9-4-2-3-5-16-9/h8-9H,2-7H2,1H3,(H,12,13)(H,14,15). The van der Waals surface area contributed by atoms with Gasteiger partial charge in [-0.3, -0.25) is 9.59 Å². The van der Waals surface area contributed by atoms with Gasteiger partial charge in [-0.05, 0) is 18.6 Å². The molecule has 1 saturated heterocycles. The van der Waals surface area contributed by atoms with Crippen molar-refractivity contribution >= 4 is 23.6 Å². The molecule has 92 valence electrons. The third kappa shape index (κ3) is 4.88. The molecule has 1 heterocycles. The van der Waals surface area contributed by atoms with E-state index in [1.807, 2.05) is 11.8 Å². The van der Waals surface area contributed by atoms with Gasteiger partial charge in [-0.25, -0.2) is 0 Å². The van der Waals surface area contributed by atoms with Crippen LogP contribution in [0.3, 0.4) is 0 Å². The molecule has 16 heavy (non-hydrogen) atoms. The van der Waals surface area contributed by atoms with Gasteiger partial charge in [0, 0.05) is 18.2 Å². The molecular formula is C11H19NO3S. The van der Waals surface area contributed by atoms with Crippen molar-refractivity contribution in [3.63, 3.8) is 0 Å². The molecule has 1 fully saturated rings. The van der Waals surface area contributed by atoms with Crippen LogP contribution in [0, 0.1) is 5.92 Å². The van der Waals surface area contributed by atoms with Gasteiger partial charge in [0.2, 0.25) is 5.91 Å². The predicted molar refractivity (Wildman–Crippen MR) is 64.5 cm³/mol. The van der Waals surface area contributed by atoms with Crippen LogP contribution in [0.5, 0.6) is 0 Å². The quantitative estimate of drug-likeness (QED) is 0.770. The van der Waals surface area contributed by atoms with Crippen molar-refractivity contribution in [2.45, 2.75) is 37.9 Å². The van der Waals surface area contributed by atoms with Crippen molar-refractivity contribution < 1.29 is 14.7 Å². The second-order valence-corrected chi connectivity index (χ2v) is 5.64. The molecule has 2 unspecified atom stereocenters. The molecule has 0 aromatic heterocycles. The largest absolute Gasteiger partial charge is 0.481 e. The summed E-state index contributed by atoms with van der Waals surface area (Å²) in [6, 6.07) is 0. The van der Waals surface area contributed by atoms with Gasteiger partial charge in [-0.2, -0.15) is 11.8 Å². The normalized spacial score (nSPS) is 22.4. The predicted octanol–water partition coefficient (Wildman–Crippen LogP) is 1.50. The molecule has 0 aromatic carbocycles. The zero-order chi connectivity index (χ0) is 12.0. The Morgan fingerprint density at radius 3 is 2.81 bits per heavy atom. The molecule has 2 N–H and O–H groups in total. The third-order valence-corrected chi connectivity index (χ3v) is 4.11. The second kappa shape index (κ2) is 6.78. The van der Waals surface area contributed by atoms with Gasteiger partial charge in [0.1, 0.15) is 0 Å². The molecular weight excluding hydrogens is 226 g/mol. The number of carboxylic acids is 1. The summed E-state index contributed by atoms with van der Waals surface area (Å²) in [6.45, 7) is 1.82. The minimum absolute atomic E-state index is 0.0208. The van der Waals surface area contributed by atoms with Gasteiger partial charge in [0.05, 0.1) is 5.92 Å². The maximum absolute atomic E-state index is 11.5. The molecule has 1 amide bonds. The average molecular weight is 245 g/mol. The van der Waals surface area contributed by atoms with Crippen molar-refractivity contribution in [2.75, 3.05) is 12.3 Å². The monoisotopic (exact) mass is 245 g/mol. The van der Waals surface area contributed by atoms with Crippen LogP contribution in [-0.4, -0.2) is 34.5 Å². The molecule has 0 saturated carbocycles. The highest BCUT2D eigenvalue weighted by molar-refractivity contribution is 7.99. The van der Waals surface area contributed by atoms with Crippen LogP contribution in [0.25, 0.3) is 0 Å². The summed E-state index contributed by atoms with van der Waals surface area (Å²) in [4.78, 5) is 22.1. The Morgan fingerprint density at radius 2 is 2.25 bits per heavy atom. The first-order chi connectivity index (χ1) is 7.59. The van der Waals surface area contributed by atoms with Crippen molar-refractivity contribution in [1.29, 1.82) is 0 Å². The molecule has 2 atom stereocenters. The number of hydrogen-bond donors (Lipinski definition) is 2. The maximum atomic E-state index is 11.5. The Balaban J connectivity index is 2.17. The topological polar surface area (TPSA) is 66.4 Å². The Hall–Kier alpha value is -0.710. The summed E-state index contributed by atoms with van der Waals surface area (Å²) < 4.78 is 0. The van der Waals surface area contributed by atoms with E-state index in [2.05, 4.69) is 5.32 Å². The number of nitrogens with one attached hydrogen (secondary N) is 1. The van der Waals surface area contributed by atoms with E-state index in [1.165, 1.54) is 12.8 Å². The molecule has 0 spiro atoms. The molecule has 1 rings (SSSR count). The molecule has 0 aromatic rings. The van der Waals surface area contributed by atoms with E-state index in [1.54, 1.807) is 6.92 Å². The van der Waals surface area contributed by atoms with Gasteiger partial charge in [0.15, 0.2) is 0 Å². The van der Waals surface area contributed by atoms with Crippen molar-refractivity contribution in [1.82, 2.24) is 5.32 Å². The minimum Gasteiger partial charge on any atom is -0.481 e. The van der Waals surface area contributed by atoms with Crippen molar-refractivity contribution in [3.8, 4) is 0 Å². The van der Waals surface area contributed by atoms with Gasteiger partial charge in [-0.1, -0.05) is 13.3 Å². The Bertz CT molecular complexity index is 252. The number of aliphatic carboxylic acids is 1. The zero-order valence-electron chi connectivity index (χ0n) is 9.57. The number of amides is 1. The van der Waals surface area contributed by atoms with E-state index in [0.717, 1.165) is 12.2 Å². The lowest BCUT2D eigenvalue weighted by Gasteiger charge is -2.20. The van der Waals surface area contributed by atoms with E-state index in [4.69, 9.17) is 5.11 Å². The Labute approximate surface area is 100 Å². The highest BCUT2D eigenvalue weighted by Crippen LogP contribution is 2.27. The maximum Gasteiger partial charge on any atom is 0.308 e. The van der Waals surface area contributed by atoms with Gasteiger partial charge >= 0.3 is 5.97 Å². The van der Waals surface area contributed by atoms with Crippen molar-refractivity contribution in [2.24, 2.45) is 5.92 Å². The Kier molecular flexibility index (Phi) is 5.66. The summed E-state index contributed by atoms with van der Waals surface area (Å²) in [7, 11) is 0. The van der Waals surface area contributed by atoms with Crippen LogP contribution in [0.1, 0.15) is 32.6 Å². The molecule has 0 radical (unpaired) electrons. The average Bonchev–Trinajstić information content (AvgIpc) is 2.27. The van der Waals surface area contributed by atoms with Crippen LogP contribution >= 0.6 is 11.8 Å². The minimum atomic E-state index is -0.868. The van der Waals surface area contributed by atoms with Crippen LogP contribution < -0.4 is 5.32 Å². The lowest BCUT2D eigenvalue weighted by molar-refractivity contribution is -0.141. The summed E-state index contributed by atoms with van der Waals surface area (Å²) in [5, 5.41) is 11.8. The lowest BCUT2D eigenvalue weighted by Crippen LogP contribution is -2.33. The summed E-state index contributed by atoms with van der Waals surface area (Å²) in [6.07, 6.45) is 4.08. The van der Waals surface area contributed by atoms with Gasteiger partial charge < -0.3 is 10.4 Å². The van der Waals surface area contributed by atoms with Crippen LogP contribution in [0.4, 0.5) is 0 Å². The number of carbonyl (C=O) groups is 2. The number of hydrogen-bond acceptors (Lipinski definition) is 3. The molecule has 5 heteroatoms. The number of carbonyl (C=O) groups excluding carboxylic acids is 1. The lowest BCUT2D eigenvalue weighted by atomic mass is 10.1. The molecule has 1 aliphatic rings. The van der Waals surface area contributed by atoms with Gasteiger partial charge in [0.25, 0.3) is 0 Å². The first-order valence-electron chi connectivity index (χ1n) is 5.70. The van der Waals surface area contributed by atoms with Crippen LogP contribution in [0.2, 0.25) is 0 Å². The summed E-state index contributed by atoms with van der Waals surface area (Å²) in [5.74, 6) is -0.258. The zero-order valence-corrected chi connectivity index (χ0v) is 10.4. The molecule has 1 aliphatic heterocycles. The van der Waals surface area contributed by atoms with E-state index < -0.39 is 11.9 Å². The Morgan fingerprint density at radius 1 is 1.50 bits per heavy atom. The second-order valence-electron chi connectivity index (χ2n) is 4.24. The van der Waals surface area contributed by atoms with Crippen LogP contribution in [0.15, 0.2) is 0 Å². The number of rotatable bonds is 5. The fraction of sp³-hybridized carbons (Fsp3) is 0.818. The fourth-order valence-electron chi connectivity index (χ4n) is 1.60. The van der Waals surface area contributed by atoms with E-state index in [9.17, 15) is 9.59 Å². The smallest absolute Gasteiger partial charge is 0.308 e. The molecule has 0 bridgehead atoms. The first-order valence-corrected chi connectivity index (χ1v) is 6.75. The third-order valence-electron chi connectivity index (χ3n) is 2.71. The van der Waals surface area contributed by atoms with E-state index in [-0.39, 0.29) is 12.5 Å². The summed E-state index contributed by atoms with van der Waals surface area (Å²) in [5.41, 5.74) is 0. The van der Waals surface area contributed by atoms with Crippen molar-refractivity contribution in [3.05, 3.63) is 0 Å². The van der Waals surface area contributed by atoms with E-state index in [0.29, 0.717) is 11.7 Å². The highest BCUT2D eigenvalue weighted by Gasteiger charge is 2.18. The molecule has 4 nitrogen and oxygen atoms in total. The first kappa shape index (κ1) is 13.4. The number of carboxylic acid groups (broad SMARTS) is 1. The highest BCUT2D eigenvalue weighted by atomic mass is 32.2. The van der Waals surface area contributed by atoms with Gasteiger partial charge in [-0.15, -0.1) is 0 Å².